The lowest BCUT2D eigenvalue weighted by Crippen LogP contribution is -2.45. The van der Waals surface area contributed by atoms with Crippen LogP contribution in [0.2, 0.25) is 0 Å². The Bertz CT molecular complexity index is 477. The van der Waals surface area contributed by atoms with E-state index in [1.165, 1.54) is 205 Å². The van der Waals surface area contributed by atoms with Gasteiger partial charge in [0.25, 0.3) is 0 Å². The first kappa shape index (κ1) is 41.2. The maximum absolute atomic E-state index is 11.8. The van der Waals surface area contributed by atoms with Crippen LogP contribution in [-0.2, 0) is 0 Å². The summed E-state index contributed by atoms with van der Waals surface area (Å²) in [6.45, 7) is 4.59. The van der Waals surface area contributed by atoms with Crippen LogP contribution in [0.5, 0.6) is 0 Å². The number of amides is 2. The normalized spacial score (nSPS) is 11.4. The molecule has 252 valence electrons. The minimum atomic E-state index is -0.229. The standard InChI is InChI=1S/C38H79N3O/c1-3-5-7-9-11-13-15-17-19-21-23-25-27-29-31-33-35-37(40-38(42)41-39)36-34-32-30-28-26-24-22-20-18-16-14-12-10-8-6-4-2/h37H,3-36,39H2,1-2H3,(H2,40,41,42). The van der Waals surface area contributed by atoms with Crippen molar-refractivity contribution < 1.29 is 4.79 Å². The maximum atomic E-state index is 11.8. The molecule has 4 N–H and O–H groups in total. The number of nitrogens with two attached hydrogens (primary N) is 1. The van der Waals surface area contributed by atoms with Crippen LogP contribution < -0.4 is 16.6 Å². The largest absolute Gasteiger partial charge is 0.334 e. The van der Waals surface area contributed by atoms with Crippen molar-refractivity contribution >= 4 is 6.03 Å². The fraction of sp³-hybridized carbons (Fsp3) is 0.974. The molecule has 0 aromatic carbocycles. The van der Waals surface area contributed by atoms with Crippen LogP contribution in [0, 0.1) is 0 Å². The molecule has 4 heteroatoms. The number of nitrogens with one attached hydrogen (secondary N) is 2. The highest BCUT2D eigenvalue weighted by Crippen LogP contribution is 2.17. The zero-order valence-electron chi connectivity index (χ0n) is 29.1. The summed E-state index contributed by atoms with van der Waals surface area (Å²) in [7, 11) is 0. The molecule has 42 heavy (non-hydrogen) atoms. The molecule has 4 nitrogen and oxygen atoms in total. The van der Waals surface area contributed by atoms with Crippen molar-refractivity contribution in [3.8, 4) is 0 Å². The molecule has 0 aromatic heterocycles. The summed E-state index contributed by atoms with van der Waals surface area (Å²) in [5.74, 6) is 5.34. The van der Waals surface area contributed by atoms with Gasteiger partial charge in [0.15, 0.2) is 0 Å². The zero-order chi connectivity index (χ0) is 30.6. The molecular formula is C38H79N3O. The van der Waals surface area contributed by atoms with E-state index < -0.39 is 0 Å². The number of carbonyl (C=O) groups is 1. The lowest BCUT2D eigenvalue weighted by Gasteiger charge is -2.18. The number of unbranched alkanes of at least 4 members (excludes halogenated alkanes) is 30. The van der Waals surface area contributed by atoms with Crippen LogP contribution in [0.3, 0.4) is 0 Å². The Kier molecular flexibility index (Phi) is 35.8. The summed E-state index contributed by atoms with van der Waals surface area (Å²) in [6, 6.07) is 0.0415. The van der Waals surface area contributed by atoms with Gasteiger partial charge >= 0.3 is 6.03 Å². The highest BCUT2D eigenvalue weighted by atomic mass is 16.2. The summed E-state index contributed by atoms with van der Waals surface area (Å²) >= 11 is 0. The minimum absolute atomic E-state index is 0.229. The van der Waals surface area contributed by atoms with Crippen molar-refractivity contribution in [2.24, 2.45) is 5.84 Å². The van der Waals surface area contributed by atoms with Crippen LogP contribution in [0.4, 0.5) is 4.79 Å². The Morgan fingerprint density at radius 3 is 0.833 bits per heavy atom. The fourth-order valence-corrected chi connectivity index (χ4v) is 6.39. The van der Waals surface area contributed by atoms with E-state index in [4.69, 9.17) is 5.84 Å². The van der Waals surface area contributed by atoms with Crippen molar-refractivity contribution in [2.75, 3.05) is 0 Å². The third-order valence-electron chi connectivity index (χ3n) is 9.28. The van der Waals surface area contributed by atoms with E-state index in [1.807, 2.05) is 0 Å². The third kappa shape index (κ3) is 33.7. The molecule has 0 radical (unpaired) electrons. The van der Waals surface area contributed by atoms with Crippen LogP contribution in [0.15, 0.2) is 0 Å². The lowest BCUT2D eigenvalue weighted by atomic mass is 9.99. The number of hydrazine groups is 1. The second-order valence-electron chi connectivity index (χ2n) is 13.5. The number of hydrogen-bond acceptors (Lipinski definition) is 2. The summed E-state index contributed by atoms with van der Waals surface area (Å²) < 4.78 is 0. The van der Waals surface area contributed by atoms with E-state index >= 15 is 0 Å². The summed E-state index contributed by atoms with van der Waals surface area (Å²) in [6.07, 6.45) is 46.9. The van der Waals surface area contributed by atoms with Gasteiger partial charge in [-0.25, -0.2) is 10.6 Å². The van der Waals surface area contributed by atoms with Gasteiger partial charge in [0.2, 0.25) is 0 Å². The molecule has 0 spiro atoms. The fourth-order valence-electron chi connectivity index (χ4n) is 6.39. The van der Waals surface area contributed by atoms with Gasteiger partial charge < -0.3 is 5.32 Å². The Balaban J connectivity index is 3.56. The van der Waals surface area contributed by atoms with E-state index in [2.05, 4.69) is 24.6 Å². The average Bonchev–Trinajstić information content (AvgIpc) is 3.00. The molecule has 0 aromatic rings. The number of hydrogen-bond donors (Lipinski definition) is 3. The first-order valence-electron chi connectivity index (χ1n) is 19.5. The molecule has 0 aliphatic heterocycles. The van der Waals surface area contributed by atoms with Crippen LogP contribution in [0.25, 0.3) is 0 Å². The summed E-state index contributed by atoms with van der Waals surface area (Å²) in [5, 5.41) is 3.10. The van der Waals surface area contributed by atoms with Crippen molar-refractivity contribution in [2.45, 2.75) is 238 Å². The van der Waals surface area contributed by atoms with E-state index in [0.29, 0.717) is 0 Å². The second kappa shape index (κ2) is 36.4. The van der Waals surface area contributed by atoms with Crippen LogP contribution in [-0.4, -0.2) is 12.1 Å². The quantitative estimate of drug-likeness (QED) is 0.0296. The molecule has 0 aliphatic carbocycles. The number of carbonyl (C=O) groups excluding carboxylic acids is 1. The van der Waals surface area contributed by atoms with E-state index in [1.54, 1.807) is 0 Å². The predicted molar refractivity (Wildman–Crippen MR) is 188 cm³/mol. The van der Waals surface area contributed by atoms with Gasteiger partial charge in [0.1, 0.15) is 0 Å². The van der Waals surface area contributed by atoms with Crippen molar-refractivity contribution in [3.63, 3.8) is 0 Å². The molecule has 0 aliphatic rings. The minimum Gasteiger partial charge on any atom is -0.334 e. The Morgan fingerprint density at radius 2 is 0.619 bits per heavy atom. The molecule has 0 bridgehead atoms. The van der Waals surface area contributed by atoms with E-state index in [-0.39, 0.29) is 12.1 Å². The number of rotatable bonds is 35. The maximum Gasteiger partial charge on any atom is 0.329 e. The molecule has 0 rings (SSSR count). The second-order valence-corrected chi connectivity index (χ2v) is 13.5. The zero-order valence-corrected chi connectivity index (χ0v) is 29.1. The molecule has 0 saturated heterocycles. The Labute approximate surface area is 265 Å². The molecule has 0 saturated carbocycles. The molecular weight excluding hydrogens is 514 g/mol. The summed E-state index contributed by atoms with van der Waals surface area (Å²) in [5.41, 5.74) is 2.26. The topological polar surface area (TPSA) is 67.2 Å². The van der Waals surface area contributed by atoms with Gasteiger partial charge in [-0.1, -0.05) is 219 Å². The van der Waals surface area contributed by atoms with Crippen molar-refractivity contribution in [3.05, 3.63) is 0 Å². The highest BCUT2D eigenvalue weighted by molar-refractivity contribution is 5.73. The SMILES string of the molecule is CCCCCCCCCCCCCCCCCCC(CCCCCCCCCCCCCCCCCC)NC(=O)NN. The molecule has 0 atom stereocenters. The average molecular weight is 594 g/mol. The Hall–Kier alpha value is -0.770. The first-order valence-corrected chi connectivity index (χ1v) is 19.5. The molecule has 0 heterocycles. The van der Waals surface area contributed by atoms with E-state index in [9.17, 15) is 4.79 Å². The summed E-state index contributed by atoms with van der Waals surface area (Å²) in [4.78, 5) is 11.8. The number of urea groups is 1. The first-order chi connectivity index (χ1) is 20.7. The Morgan fingerprint density at radius 1 is 0.405 bits per heavy atom. The van der Waals surface area contributed by atoms with Gasteiger partial charge in [-0.15, -0.1) is 0 Å². The molecule has 0 fully saturated rings. The van der Waals surface area contributed by atoms with Gasteiger partial charge in [0.05, 0.1) is 0 Å². The van der Waals surface area contributed by atoms with Crippen LogP contribution in [0.1, 0.15) is 232 Å². The highest BCUT2D eigenvalue weighted by Gasteiger charge is 2.11. The van der Waals surface area contributed by atoms with Crippen LogP contribution >= 0.6 is 0 Å². The monoisotopic (exact) mass is 594 g/mol. The van der Waals surface area contributed by atoms with E-state index in [0.717, 1.165) is 12.8 Å². The third-order valence-corrected chi connectivity index (χ3v) is 9.28. The predicted octanol–water partition coefficient (Wildman–Crippen LogP) is 12.8. The van der Waals surface area contributed by atoms with Gasteiger partial charge in [-0.3, -0.25) is 5.43 Å². The smallest absolute Gasteiger partial charge is 0.329 e. The van der Waals surface area contributed by atoms with Gasteiger partial charge in [0, 0.05) is 6.04 Å². The lowest BCUT2D eigenvalue weighted by molar-refractivity contribution is 0.235. The van der Waals surface area contributed by atoms with Gasteiger partial charge in [-0.2, -0.15) is 0 Å². The molecule has 0 unspecified atom stereocenters. The molecule has 2 amide bonds. The van der Waals surface area contributed by atoms with Crippen molar-refractivity contribution in [1.29, 1.82) is 0 Å². The van der Waals surface area contributed by atoms with Gasteiger partial charge in [-0.05, 0) is 12.8 Å². The van der Waals surface area contributed by atoms with Crippen molar-refractivity contribution in [1.82, 2.24) is 10.7 Å².